The van der Waals surface area contributed by atoms with Crippen LogP contribution in [0, 0.1) is 0 Å². The summed E-state index contributed by atoms with van der Waals surface area (Å²) in [6.45, 7) is 12.4. The molecule has 0 rings (SSSR count). The Morgan fingerprint density at radius 1 is 1.12 bits per heavy atom. The van der Waals surface area contributed by atoms with Crippen molar-refractivity contribution in [3.05, 3.63) is 0 Å². The van der Waals surface area contributed by atoms with Crippen LogP contribution in [0.15, 0.2) is 0 Å². The Bertz CT molecular complexity index is 189. The quantitative estimate of drug-likeness (QED) is 0.614. The number of unbranched alkanes of at least 4 members (excludes halogenated alkanes) is 1. The van der Waals surface area contributed by atoms with Gasteiger partial charge in [-0.15, -0.1) is 0 Å². The summed E-state index contributed by atoms with van der Waals surface area (Å²) in [5.41, 5.74) is -0.168. The minimum Gasteiger partial charge on any atom is -0.394 e. The molecule has 1 unspecified atom stereocenters. The predicted octanol–water partition coefficient (Wildman–Crippen LogP) is 2.72. The lowest BCUT2D eigenvalue weighted by Crippen LogP contribution is -2.46. The molecule has 0 aromatic carbocycles. The summed E-state index contributed by atoms with van der Waals surface area (Å²) in [5, 5.41) is 12.8. The second kappa shape index (κ2) is 8.06. The summed E-state index contributed by atoms with van der Waals surface area (Å²) in [5.74, 6) is 0. The van der Waals surface area contributed by atoms with Gasteiger partial charge in [0.05, 0.1) is 12.2 Å². The number of nitrogens with one attached hydrogen (secondary N) is 1. The molecule has 0 amide bonds. The monoisotopic (exact) mass is 245 g/mol. The van der Waals surface area contributed by atoms with Crippen LogP contribution >= 0.6 is 0 Å². The van der Waals surface area contributed by atoms with Gasteiger partial charge in [-0.2, -0.15) is 0 Å². The van der Waals surface area contributed by atoms with E-state index in [-0.39, 0.29) is 17.7 Å². The molecule has 0 saturated heterocycles. The normalized spacial score (nSPS) is 15.9. The van der Waals surface area contributed by atoms with E-state index in [9.17, 15) is 5.11 Å². The average molecular weight is 245 g/mol. The topological polar surface area (TPSA) is 41.5 Å². The first-order chi connectivity index (χ1) is 7.83. The molecular formula is C14H31NO2. The molecule has 0 aromatic rings. The van der Waals surface area contributed by atoms with Gasteiger partial charge in [0.15, 0.2) is 0 Å². The van der Waals surface area contributed by atoms with E-state index in [1.807, 2.05) is 0 Å². The molecule has 0 radical (unpaired) electrons. The Morgan fingerprint density at radius 3 is 2.24 bits per heavy atom. The van der Waals surface area contributed by atoms with E-state index in [0.29, 0.717) is 0 Å². The van der Waals surface area contributed by atoms with Crippen LogP contribution in [0.4, 0.5) is 0 Å². The van der Waals surface area contributed by atoms with Crippen LogP contribution in [0.3, 0.4) is 0 Å². The van der Waals surface area contributed by atoms with Crippen molar-refractivity contribution in [1.82, 2.24) is 5.32 Å². The Labute approximate surface area is 107 Å². The first kappa shape index (κ1) is 16.9. The van der Waals surface area contributed by atoms with Gasteiger partial charge in [-0.3, -0.25) is 0 Å². The van der Waals surface area contributed by atoms with E-state index < -0.39 is 0 Å². The van der Waals surface area contributed by atoms with Crippen LogP contribution in [0.25, 0.3) is 0 Å². The summed E-state index contributed by atoms with van der Waals surface area (Å²) in [4.78, 5) is 0. The summed E-state index contributed by atoms with van der Waals surface area (Å²) < 4.78 is 5.68. The van der Waals surface area contributed by atoms with Crippen molar-refractivity contribution in [1.29, 1.82) is 0 Å². The maximum absolute atomic E-state index is 9.40. The summed E-state index contributed by atoms with van der Waals surface area (Å²) >= 11 is 0. The molecule has 0 aromatic heterocycles. The summed E-state index contributed by atoms with van der Waals surface area (Å²) in [7, 11) is 0. The van der Waals surface area contributed by atoms with Crippen LogP contribution in [0.2, 0.25) is 0 Å². The van der Waals surface area contributed by atoms with Crippen molar-refractivity contribution < 1.29 is 9.84 Å². The fraction of sp³-hybridized carbons (Fsp3) is 1.00. The predicted molar refractivity (Wildman–Crippen MR) is 73.3 cm³/mol. The fourth-order valence-corrected chi connectivity index (χ4v) is 1.65. The fourth-order valence-electron chi connectivity index (χ4n) is 1.65. The van der Waals surface area contributed by atoms with Crippen LogP contribution in [0.5, 0.6) is 0 Å². The van der Waals surface area contributed by atoms with Gasteiger partial charge in [0.2, 0.25) is 0 Å². The van der Waals surface area contributed by atoms with E-state index >= 15 is 0 Å². The lowest BCUT2D eigenvalue weighted by molar-refractivity contribution is -0.00557. The molecule has 1 atom stereocenters. The molecule has 0 bridgehead atoms. The second-order valence-electron chi connectivity index (χ2n) is 6.06. The Hall–Kier alpha value is -0.120. The molecular weight excluding hydrogens is 214 g/mol. The molecule has 0 heterocycles. The minimum atomic E-state index is -0.127. The standard InChI is InChI=1S/C14H31NO2/c1-6-10-15-14(5,12-16)9-7-8-11-17-13(2,3)4/h15-16H,6-12H2,1-5H3. The van der Waals surface area contributed by atoms with Gasteiger partial charge in [-0.05, 0) is 59.9 Å². The number of aliphatic hydroxyl groups is 1. The van der Waals surface area contributed by atoms with Crippen molar-refractivity contribution in [3.63, 3.8) is 0 Å². The number of rotatable bonds is 9. The highest BCUT2D eigenvalue weighted by Crippen LogP contribution is 2.14. The Kier molecular flexibility index (Phi) is 8.01. The molecule has 0 spiro atoms. The molecule has 104 valence electrons. The van der Waals surface area contributed by atoms with Gasteiger partial charge in [0.1, 0.15) is 0 Å². The third kappa shape index (κ3) is 9.57. The third-order valence-electron chi connectivity index (χ3n) is 2.81. The highest BCUT2D eigenvalue weighted by Gasteiger charge is 2.21. The minimum absolute atomic E-state index is 0.0409. The maximum Gasteiger partial charge on any atom is 0.0610 e. The first-order valence-corrected chi connectivity index (χ1v) is 6.83. The third-order valence-corrected chi connectivity index (χ3v) is 2.81. The van der Waals surface area contributed by atoms with Crippen molar-refractivity contribution in [2.75, 3.05) is 19.8 Å². The zero-order chi connectivity index (χ0) is 13.4. The number of ether oxygens (including phenoxy) is 1. The van der Waals surface area contributed by atoms with Crippen LogP contribution in [-0.4, -0.2) is 36.0 Å². The van der Waals surface area contributed by atoms with Crippen molar-refractivity contribution >= 4 is 0 Å². The molecule has 0 aliphatic carbocycles. The highest BCUT2D eigenvalue weighted by molar-refractivity contribution is 4.81. The Morgan fingerprint density at radius 2 is 1.76 bits per heavy atom. The Balaban J connectivity index is 3.69. The zero-order valence-corrected chi connectivity index (χ0v) is 12.3. The van der Waals surface area contributed by atoms with Crippen LogP contribution < -0.4 is 5.32 Å². The van der Waals surface area contributed by atoms with Gasteiger partial charge in [-0.1, -0.05) is 6.92 Å². The number of aliphatic hydroxyl groups excluding tert-OH is 1. The van der Waals surface area contributed by atoms with E-state index in [1.54, 1.807) is 0 Å². The molecule has 17 heavy (non-hydrogen) atoms. The summed E-state index contributed by atoms with van der Waals surface area (Å²) in [6, 6.07) is 0. The molecule has 2 N–H and O–H groups in total. The molecule has 0 fully saturated rings. The van der Waals surface area contributed by atoms with E-state index in [2.05, 4.69) is 39.9 Å². The molecule has 3 nitrogen and oxygen atoms in total. The number of hydrogen-bond donors (Lipinski definition) is 2. The molecule has 3 heteroatoms. The van der Waals surface area contributed by atoms with Crippen LogP contribution in [0.1, 0.15) is 60.3 Å². The van der Waals surface area contributed by atoms with Gasteiger partial charge >= 0.3 is 0 Å². The van der Waals surface area contributed by atoms with Crippen molar-refractivity contribution in [2.45, 2.75) is 71.4 Å². The maximum atomic E-state index is 9.40. The van der Waals surface area contributed by atoms with Gasteiger partial charge < -0.3 is 15.2 Å². The van der Waals surface area contributed by atoms with Crippen molar-refractivity contribution in [2.24, 2.45) is 0 Å². The zero-order valence-electron chi connectivity index (χ0n) is 12.3. The van der Waals surface area contributed by atoms with Gasteiger partial charge in [0.25, 0.3) is 0 Å². The number of hydrogen-bond acceptors (Lipinski definition) is 3. The van der Waals surface area contributed by atoms with Gasteiger partial charge in [0, 0.05) is 12.1 Å². The summed E-state index contributed by atoms with van der Waals surface area (Å²) in [6.07, 6.45) is 4.24. The first-order valence-electron chi connectivity index (χ1n) is 6.83. The average Bonchev–Trinajstić information content (AvgIpc) is 2.24. The molecule has 0 saturated carbocycles. The molecule has 0 aliphatic heterocycles. The second-order valence-corrected chi connectivity index (χ2v) is 6.06. The van der Waals surface area contributed by atoms with Crippen molar-refractivity contribution in [3.8, 4) is 0 Å². The van der Waals surface area contributed by atoms with Crippen LogP contribution in [-0.2, 0) is 4.74 Å². The molecule has 0 aliphatic rings. The van der Waals surface area contributed by atoms with E-state index in [0.717, 1.165) is 38.8 Å². The lowest BCUT2D eigenvalue weighted by Gasteiger charge is -2.29. The lowest BCUT2D eigenvalue weighted by atomic mass is 9.95. The van der Waals surface area contributed by atoms with Gasteiger partial charge in [-0.25, -0.2) is 0 Å². The highest BCUT2D eigenvalue weighted by atomic mass is 16.5. The van der Waals surface area contributed by atoms with E-state index in [4.69, 9.17) is 4.74 Å². The largest absolute Gasteiger partial charge is 0.394 e. The smallest absolute Gasteiger partial charge is 0.0610 e. The SMILES string of the molecule is CCCNC(C)(CO)CCCCOC(C)(C)C. The van der Waals surface area contributed by atoms with E-state index in [1.165, 1.54) is 0 Å².